The maximum atomic E-state index is 14.4. The van der Waals surface area contributed by atoms with E-state index in [1.807, 2.05) is 6.92 Å². The molecule has 0 spiro atoms. The van der Waals surface area contributed by atoms with Crippen molar-refractivity contribution >= 4 is 16.1 Å². The van der Waals surface area contributed by atoms with Gasteiger partial charge in [-0.15, -0.1) is 0 Å². The van der Waals surface area contributed by atoms with Gasteiger partial charge in [0, 0.05) is 18.2 Å². The van der Waals surface area contributed by atoms with Gasteiger partial charge in [0.25, 0.3) is 0 Å². The number of ether oxygens (including phenoxy) is 1. The molecule has 8 nitrogen and oxygen atoms in total. The number of benzene rings is 1. The molecule has 0 unspecified atom stereocenters. The average Bonchev–Trinajstić information content (AvgIpc) is 3.04. The summed E-state index contributed by atoms with van der Waals surface area (Å²) in [5, 5.41) is 2.84. The number of nitrogens with zero attached hydrogens (tertiary/aromatic N) is 2. The van der Waals surface area contributed by atoms with Crippen LogP contribution < -0.4 is 14.8 Å². The van der Waals surface area contributed by atoms with Gasteiger partial charge in [0.05, 0.1) is 24.5 Å². The Balaban J connectivity index is 1.75. The van der Waals surface area contributed by atoms with Crippen molar-refractivity contribution in [2.24, 2.45) is 0 Å². The molecule has 30 heavy (non-hydrogen) atoms. The fourth-order valence-electron chi connectivity index (χ4n) is 3.89. The summed E-state index contributed by atoms with van der Waals surface area (Å²) >= 11 is 0. The molecule has 2 amide bonds. The van der Waals surface area contributed by atoms with Crippen LogP contribution in [0.3, 0.4) is 0 Å². The number of pyridine rings is 1. The second-order valence-electron chi connectivity index (χ2n) is 7.70. The number of nitrogens with one attached hydrogen (secondary N) is 2. The number of aryl methyl sites for hydroxylation is 1. The van der Waals surface area contributed by atoms with Crippen molar-refractivity contribution in [3.63, 3.8) is 0 Å². The van der Waals surface area contributed by atoms with Crippen molar-refractivity contribution in [1.82, 2.24) is 19.9 Å². The molecule has 4 rings (SSSR count). The molecule has 2 aliphatic heterocycles. The zero-order chi connectivity index (χ0) is 21.5. The van der Waals surface area contributed by atoms with Crippen molar-refractivity contribution in [2.45, 2.75) is 38.4 Å². The molecule has 4 bridgehead atoms. The van der Waals surface area contributed by atoms with Gasteiger partial charge < -0.3 is 15.0 Å². The fraction of sp³-hybridized carbons (Fsp3) is 0.400. The Hall–Kier alpha value is -2.72. The highest BCUT2D eigenvalue weighted by atomic mass is 32.2. The lowest BCUT2D eigenvalue weighted by atomic mass is 10.0. The monoisotopic (exact) mass is 434 g/mol. The van der Waals surface area contributed by atoms with Gasteiger partial charge in [-0.1, -0.05) is 12.1 Å². The van der Waals surface area contributed by atoms with Gasteiger partial charge in [-0.2, -0.15) is 0 Å². The molecule has 1 aromatic carbocycles. The summed E-state index contributed by atoms with van der Waals surface area (Å²) in [6.45, 7) is 2.38. The lowest BCUT2D eigenvalue weighted by Crippen LogP contribution is -2.50. The lowest BCUT2D eigenvalue weighted by molar-refractivity contribution is 0.188. The topological polar surface area (TPSA) is 101 Å². The zero-order valence-electron chi connectivity index (χ0n) is 16.7. The number of aromatic nitrogens is 1. The van der Waals surface area contributed by atoms with Gasteiger partial charge >= 0.3 is 6.03 Å². The second kappa shape index (κ2) is 7.84. The second-order valence-corrected chi connectivity index (χ2v) is 9.48. The Kier molecular flexibility index (Phi) is 5.37. The Bertz CT molecular complexity index is 1090. The predicted octanol–water partition coefficient (Wildman–Crippen LogP) is 2.08. The zero-order valence-corrected chi connectivity index (χ0v) is 17.5. The van der Waals surface area contributed by atoms with E-state index in [1.54, 1.807) is 29.2 Å². The number of carbonyl (C=O) groups is 1. The van der Waals surface area contributed by atoms with Crippen LogP contribution in [0.1, 0.15) is 23.2 Å². The van der Waals surface area contributed by atoms with Crippen molar-refractivity contribution in [1.29, 1.82) is 0 Å². The first kappa shape index (κ1) is 20.5. The Labute approximate surface area is 174 Å². The van der Waals surface area contributed by atoms with Crippen LogP contribution in [-0.2, 0) is 23.0 Å². The van der Waals surface area contributed by atoms with Crippen LogP contribution in [0.5, 0.6) is 11.6 Å². The van der Waals surface area contributed by atoms with Crippen LogP contribution in [0.4, 0.5) is 9.18 Å². The normalized spacial score (nSPS) is 21.6. The third kappa shape index (κ3) is 4.39. The molecule has 2 aromatic rings. The maximum Gasteiger partial charge on any atom is 0.318 e. The van der Waals surface area contributed by atoms with Crippen molar-refractivity contribution in [2.75, 3.05) is 12.8 Å². The lowest BCUT2D eigenvalue weighted by Gasteiger charge is -2.28. The molecule has 10 heteroatoms. The first-order valence-electron chi connectivity index (χ1n) is 9.64. The Morgan fingerprint density at radius 1 is 1.30 bits per heavy atom. The van der Waals surface area contributed by atoms with Crippen LogP contribution >= 0.6 is 0 Å². The number of sulfonamides is 1. The summed E-state index contributed by atoms with van der Waals surface area (Å²) in [6.07, 6.45) is 1.93. The minimum Gasteiger partial charge on any atom is -0.436 e. The molecule has 2 N–H and O–H groups in total. The summed E-state index contributed by atoms with van der Waals surface area (Å²) < 4.78 is 46.4. The van der Waals surface area contributed by atoms with E-state index in [9.17, 15) is 17.6 Å². The highest BCUT2D eigenvalue weighted by Crippen LogP contribution is 2.30. The van der Waals surface area contributed by atoms with Gasteiger partial charge in [0.1, 0.15) is 0 Å². The molecular weight excluding hydrogens is 411 g/mol. The summed E-state index contributed by atoms with van der Waals surface area (Å²) in [7, 11) is -3.45. The van der Waals surface area contributed by atoms with E-state index in [4.69, 9.17) is 4.74 Å². The summed E-state index contributed by atoms with van der Waals surface area (Å²) in [5.74, 6) is -0.214. The van der Waals surface area contributed by atoms with Crippen molar-refractivity contribution in [3.8, 4) is 11.6 Å². The SMILES string of the molecule is Cc1ccc2nc1Oc1cc(ccc1F)C[C@H]1[C@@H](NS(C)(=O)=O)CCN1C(=O)NC2. The van der Waals surface area contributed by atoms with E-state index in [0.717, 1.165) is 17.4 Å². The van der Waals surface area contributed by atoms with Crippen molar-refractivity contribution in [3.05, 3.63) is 53.0 Å². The third-order valence-electron chi connectivity index (χ3n) is 5.35. The molecule has 0 saturated carbocycles. The number of carbonyl (C=O) groups excluding carboxylic acids is 1. The molecule has 0 radical (unpaired) electrons. The third-order valence-corrected chi connectivity index (χ3v) is 6.08. The van der Waals surface area contributed by atoms with E-state index in [1.165, 1.54) is 6.07 Å². The van der Waals surface area contributed by atoms with Gasteiger partial charge in [0.15, 0.2) is 11.6 Å². The smallest absolute Gasteiger partial charge is 0.318 e. The highest BCUT2D eigenvalue weighted by molar-refractivity contribution is 7.88. The predicted molar refractivity (Wildman–Crippen MR) is 108 cm³/mol. The summed E-state index contributed by atoms with van der Waals surface area (Å²) in [4.78, 5) is 18.9. The molecule has 3 heterocycles. The fourth-order valence-corrected chi connectivity index (χ4v) is 4.71. The standard InChI is InChI=1S/C20H23FN4O4S/c1-12-3-5-14-11-22-20(26)25-8-7-16(24-30(2,27)28)17(25)9-13-4-6-15(21)18(10-13)29-19(12)23-14/h3-6,10,16-17,24H,7-9,11H2,1-2H3,(H,22,26)/t16-,17-/m0/s1. The van der Waals surface area contributed by atoms with Gasteiger partial charge in [-0.3, -0.25) is 0 Å². The minimum absolute atomic E-state index is 0.0379. The van der Waals surface area contributed by atoms with E-state index in [2.05, 4.69) is 15.0 Å². The quantitative estimate of drug-likeness (QED) is 0.754. The molecule has 1 aromatic heterocycles. The Morgan fingerprint density at radius 3 is 2.87 bits per heavy atom. The molecule has 1 fully saturated rings. The van der Waals surface area contributed by atoms with E-state index in [-0.39, 0.29) is 24.2 Å². The highest BCUT2D eigenvalue weighted by Gasteiger charge is 2.38. The van der Waals surface area contributed by atoms with Crippen LogP contribution in [0.2, 0.25) is 0 Å². The molecule has 160 valence electrons. The molecule has 2 atom stereocenters. The van der Waals surface area contributed by atoms with Crippen LogP contribution in [-0.4, -0.2) is 49.2 Å². The average molecular weight is 434 g/mol. The molecule has 2 aliphatic rings. The molecule has 0 aliphatic carbocycles. The largest absolute Gasteiger partial charge is 0.436 e. The maximum absolute atomic E-state index is 14.4. The number of rotatable bonds is 2. The van der Waals surface area contributed by atoms with Crippen LogP contribution in [0, 0.1) is 12.7 Å². The first-order valence-corrected chi connectivity index (χ1v) is 11.5. The Morgan fingerprint density at radius 2 is 2.10 bits per heavy atom. The van der Waals surface area contributed by atoms with Gasteiger partial charge in [-0.05, 0) is 43.5 Å². The summed E-state index contributed by atoms with van der Waals surface area (Å²) in [6, 6.07) is 6.91. The van der Waals surface area contributed by atoms with E-state index < -0.39 is 27.9 Å². The number of halogens is 1. The number of urea groups is 1. The van der Waals surface area contributed by atoms with Gasteiger partial charge in [0.2, 0.25) is 15.9 Å². The first-order chi connectivity index (χ1) is 14.2. The van der Waals surface area contributed by atoms with Crippen molar-refractivity contribution < 1.29 is 22.3 Å². The van der Waals surface area contributed by atoms with E-state index >= 15 is 0 Å². The summed E-state index contributed by atoms with van der Waals surface area (Å²) in [5.41, 5.74) is 2.04. The van der Waals surface area contributed by atoms with Crippen LogP contribution in [0.15, 0.2) is 30.3 Å². The number of hydrogen-bond acceptors (Lipinski definition) is 5. The van der Waals surface area contributed by atoms with E-state index in [0.29, 0.717) is 25.1 Å². The molecule has 1 saturated heterocycles. The molecular formula is C20H23FN4O4S. The van der Waals surface area contributed by atoms with Crippen LogP contribution in [0.25, 0.3) is 0 Å². The minimum atomic E-state index is -3.45. The van der Waals surface area contributed by atoms with Gasteiger partial charge in [-0.25, -0.2) is 27.3 Å². The number of hydrogen-bond donors (Lipinski definition) is 2. The number of amides is 2. The number of fused-ring (bicyclic) bond motifs is 5.